The van der Waals surface area contributed by atoms with E-state index >= 15 is 0 Å². The van der Waals surface area contributed by atoms with Gasteiger partial charge in [-0.05, 0) is 68.3 Å². The SMILES string of the molecule is CCCCCCC(=O)OC1C=C2C[C@@H](OC(=O)CCCCCC)CC[C@]2(C)C2CC[C@]3(C)C(=O)CCC3C12. The van der Waals surface area contributed by atoms with Gasteiger partial charge in [0.05, 0.1) is 0 Å². The lowest BCUT2D eigenvalue weighted by atomic mass is 9.47. The topological polar surface area (TPSA) is 69.7 Å². The summed E-state index contributed by atoms with van der Waals surface area (Å²) in [5.41, 5.74) is 1.05. The third-order valence-electron chi connectivity index (χ3n) is 10.8. The average Bonchev–Trinajstić information content (AvgIpc) is 3.19. The lowest BCUT2D eigenvalue weighted by molar-refractivity contribution is -0.161. The summed E-state index contributed by atoms with van der Waals surface area (Å²) in [6, 6.07) is 0. The third kappa shape index (κ3) is 6.07. The average molecular weight is 529 g/mol. The van der Waals surface area contributed by atoms with Crippen LogP contribution in [0, 0.1) is 28.6 Å². The van der Waals surface area contributed by atoms with Crippen molar-refractivity contribution in [3.8, 4) is 0 Å². The van der Waals surface area contributed by atoms with Crippen LogP contribution in [0.3, 0.4) is 0 Å². The number of Topliss-reactive ketones (excluding diaryl/α,β-unsaturated/α-hetero) is 1. The van der Waals surface area contributed by atoms with E-state index in [0.717, 1.165) is 89.9 Å². The number of carbonyl (C=O) groups is 3. The van der Waals surface area contributed by atoms with Crippen molar-refractivity contribution in [3.05, 3.63) is 11.6 Å². The number of ether oxygens (including phenoxy) is 2. The van der Waals surface area contributed by atoms with Gasteiger partial charge in [0.15, 0.2) is 0 Å². The fraction of sp³-hybridized carbons (Fsp3) is 0.848. The molecule has 214 valence electrons. The van der Waals surface area contributed by atoms with Gasteiger partial charge in [0, 0.05) is 37.0 Å². The van der Waals surface area contributed by atoms with Crippen LogP contribution in [0.1, 0.15) is 137 Å². The first-order valence-electron chi connectivity index (χ1n) is 15.9. The van der Waals surface area contributed by atoms with E-state index in [1.807, 2.05) is 0 Å². The smallest absolute Gasteiger partial charge is 0.306 e. The van der Waals surface area contributed by atoms with E-state index in [2.05, 4.69) is 33.8 Å². The zero-order valence-corrected chi connectivity index (χ0v) is 24.5. The van der Waals surface area contributed by atoms with E-state index in [1.165, 1.54) is 5.57 Å². The van der Waals surface area contributed by atoms with Gasteiger partial charge in [-0.25, -0.2) is 0 Å². The Morgan fingerprint density at radius 3 is 2.08 bits per heavy atom. The molecular weight excluding hydrogens is 476 g/mol. The van der Waals surface area contributed by atoms with Crippen LogP contribution in [-0.4, -0.2) is 29.9 Å². The maximum atomic E-state index is 13.0. The maximum absolute atomic E-state index is 13.0. The van der Waals surface area contributed by atoms with E-state index in [0.29, 0.717) is 31.0 Å². The number of rotatable bonds is 12. The molecule has 0 bridgehead atoms. The van der Waals surface area contributed by atoms with Gasteiger partial charge in [-0.2, -0.15) is 0 Å². The second kappa shape index (κ2) is 12.7. The van der Waals surface area contributed by atoms with Crippen LogP contribution in [0.15, 0.2) is 11.6 Å². The molecule has 4 rings (SSSR count). The molecule has 4 aliphatic carbocycles. The van der Waals surface area contributed by atoms with Crippen LogP contribution in [0.2, 0.25) is 0 Å². The summed E-state index contributed by atoms with van der Waals surface area (Å²) in [6.45, 7) is 8.91. The molecule has 0 radical (unpaired) electrons. The summed E-state index contributed by atoms with van der Waals surface area (Å²) >= 11 is 0. The quantitative estimate of drug-likeness (QED) is 0.146. The standard InChI is InChI=1S/C33H52O5/c1-5-7-9-11-13-29(35)37-24-17-19-32(3)23(21-24)22-27(38-30(36)14-12-10-8-6-2)31-25-15-16-28(34)33(25,4)20-18-26(31)32/h22,24-27,31H,5-21H2,1-4H3/t24-,25?,26?,27?,31?,32-,33-/m0/s1. The Balaban J connectivity index is 1.51. The Morgan fingerprint density at radius 2 is 1.42 bits per heavy atom. The number of fused-ring (bicyclic) bond motifs is 5. The fourth-order valence-corrected chi connectivity index (χ4v) is 8.42. The first-order valence-corrected chi connectivity index (χ1v) is 15.9. The minimum absolute atomic E-state index is 0.0195. The molecule has 0 N–H and O–H groups in total. The largest absolute Gasteiger partial charge is 0.462 e. The number of unbranched alkanes of at least 4 members (excludes halogenated alkanes) is 6. The highest BCUT2D eigenvalue weighted by Crippen LogP contribution is 2.64. The molecule has 38 heavy (non-hydrogen) atoms. The third-order valence-corrected chi connectivity index (χ3v) is 10.8. The van der Waals surface area contributed by atoms with Crippen LogP contribution in [0.4, 0.5) is 0 Å². The first-order chi connectivity index (χ1) is 18.2. The van der Waals surface area contributed by atoms with Gasteiger partial charge in [0.2, 0.25) is 0 Å². The predicted molar refractivity (Wildman–Crippen MR) is 149 cm³/mol. The van der Waals surface area contributed by atoms with Crippen LogP contribution < -0.4 is 0 Å². The van der Waals surface area contributed by atoms with E-state index < -0.39 is 0 Å². The predicted octanol–water partition coefficient (Wildman–Crippen LogP) is 7.89. The van der Waals surface area contributed by atoms with Crippen molar-refractivity contribution in [2.45, 2.75) is 149 Å². The molecule has 0 aliphatic heterocycles. The van der Waals surface area contributed by atoms with Crippen LogP contribution >= 0.6 is 0 Å². The molecule has 4 unspecified atom stereocenters. The van der Waals surface area contributed by atoms with Gasteiger partial charge in [-0.1, -0.05) is 71.8 Å². The van der Waals surface area contributed by atoms with Crippen molar-refractivity contribution in [2.24, 2.45) is 28.6 Å². The van der Waals surface area contributed by atoms with E-state index in [4.69, 9.17) is 9.47 Å². The monoisotopic (exact) mass is 528 g/mol. The van der Waals surface area contributed by atoms with Crippen LogP contribution in [0.5, 0.6) is 0 Å². The van der Waals surface area contributed by atoms with Gasteiger partial charge in [-0.3, -0.25) is 14.4 Å². The van der Waals surface area contributed by atoms with E-state index in [-0.39, 0.29) is 46.8 Å². The van der Waals surface area contributed by atoms with Crippen molar-refractivity contribution in [2.75, 3.05) is 0 Å². The van der Waals surface area contributed by atoms with Crippen molar-refractivity contribution >= 4 is 17.7 Å². The van der Waals surface area contributed by atoms with Crippen molar-refractivity contribution in [1.29, 1.82) is 0 Å². The van der Waals surface area contributed by atoms with Crippen LogP contribution in [0.25, 0.3) is 0 Å². The zero-order chi connectivity index (χ0) is 27.3. The van der Waals surface area contributed by atoms with Gasteiger partial charge >= 0.3 is 11.9 Å². The molecule has 0 aromatic heterocycles. The summed E-state index contributed by atoms with van der Waals surface area (Å²) in [4.78, 5) is 38.5. The molecule has 4 aliphatic rings. The second-order valence-corrected chi connectivity index (χ2v) is 13.2. The highest BCUT2D eigenvalue weighted by atomic mass is 16.5. The van der Waals surface area contributed by atoms with Crippen molar-refractivity contribution in [1.82, 2.24) is 0 Å². The molecule has 5 heteroatoms. The first kappa shape index (κ1) is 29.3. The number of hydrogen-bond donors (Lipinski definition) is 0. The summed E-state index contributed by atoms with van der Waals surface area (Å²) in [6.07, 6.45) is 17.5. The highest BCUT2D eigenvalue weighted by Gasteiger charge is 2.61. The summed E-state index contributed by atoms with van der Waals surface area (Å²) < 4.78 is 12.2. The lowest BCUT2D eigenvalue weighted by Gasteiger charge is -2.58. The van der Waals surface area contributed by atoms with Gasteiger partial charge in [0.25, 0.3) is 0 Å². The molecule has 0 saturated heterocycles. The molecule has 0 amide bonds. The molecule has 0 aromatic rings. The van der Waals surface area contributed by atoms with E-state index in [1.54, 1.807) is 0 Å². The maximum Gasteiger partial charge on any atom is 0.306 e. The molecule has 0 heterocycles. The van der Waals surface area contributed by atoms with Gasteiger partial charge in [-0.15, -0.1) is 0 Å². The zero-order valence-electron chi connectivity index (χ0n) is 24.5. The molecule has 0 spiro atoms. The fourth-order valence-electron chi connectivity index (χ4n) is 8.42. The van der Waals surface area contributed by atoms with Gasteiger partial charge < -0.3 is 9.47 Å². The van der Waals surface area contributed by atoms with Crippen LogP contribution in [-0.2, 0) is 23.9 Å². The summed E-state index contributed by atoms with van der Waals surface area (Å²) in [7, 11) is 0. The second-order valence-electron chi connectivity index (χ2n) is 13.2. The lowest BCUT2D eigenvalue weighted by Crippen LogP contribution is -2.55. The minimum atomic E-state index is -0.279. The Morgan fingerprint density at radius 1 is 0.816 bits per heavy atom. The number of esters is 2. The number of carbonyl (C=O) groups excluding carboxylic acids is 3. The normalized spacial score (nSPS) is 36.1. The molecule has 5 nitrogen and oxygen atoms in total. The minimum Gasteiger partial charge on any atom is -0.462 e. The molecule has 3 saturated carbocycles. The number of ketones is 1. The van der Waals surface area contributed by atoms with Gasteiger partial charge in [0.1, 0.15) is 18.0 Å². The Labute approximate surface area is 230 Å². The van der Waals surface area contributed by atoms with Crippen molar-refractivity contribution in [3.63, 3.8) is 0 Å². The van der Waals surface area contributed by atoms with E-state index in [9.17, 15) is 14.4 Å². The Hall–Kier alpha value is -1.65. The summed E-state index contributed by atoms with van der Waals surface area (Å²) in [5, 5.41) is 0. The molecule has 7 atom stereocenters. The Kier molecular flexibility index (Phi) is 9.79. The molecule has 3 fully saturated rings. The molecule has 0 aromatic carbocycles. The number of hydrogen-bond acceptors (Lipinski definition) is 5. The van der Waals surface area contributed by atoms with Crippen molar-refractivity contribution < 1.29 is 23.9 Å². The molecular formula is C33H52O5. The highest BCUT2D eigenvalue weighted by molar-refractivity contribution is 5.87. The Bertz CT molecular complexity index is 892. The summed E-state index contributed by atoms with van der Waals surface area (Å²) in [5.74, 6) is 1.10.